The third-order valence-electron chi connectivity index (χ3n) is 3.01. The summed E-state index contributed by atoms with van der Waals surface area (Å²) in [5.74, 6) is 0. The van der Waals surface area contributed by atoms with Crippen molar-refractivity contribution in [1.29, 1.82) is 0 Å². The molecule has 0 aliphatic heterocycles. The summed E-state index contributed by atoms with van der Waals surface area (Å²) in [6.07, 6.45) is 5.03. The van der Waals surface area contributed by atoms with E-state index in [0.717, 1.165) is 19.3 Å². The van der Waals surface area contributed by atoms with Crippen molar-refractivity contribution in [2.45, 2.75) is 37.3 Å². The molecule has 0 aromatic carbocycles. The fourth-order valence-corrected chi connectivity index (χ4v) is 2.22. The topological polar surface area (TPSA) is 72.0 Å². The van der Waals surface area contributed by atoms with Crippen LogP contribution in [0, 0.1) is 0 Å². The molecule has 1 aliphatic rings. The maximum absolute atomic E-state index is 10.5. The van der Waals surface area contributed by atoms with Crippen molar-refractivity contribution in [3.63, 3.8) is 0 Å². The van der Waals surface area contributed by atoms with Gasteiger partial charge >= 0.3 is 0 Å². The Kier molecular flexibility index (Phi) is 2.91. The molecular formula is C10H14ClN3O. The molecule has 4 nitrogen and oxygen atoms in total. The minimum atomic E-state index is -1.04. The van der Waals surface area contributed by atoms with Gasteiger partial charge in [-0.05, 0) is 30.5 Å². The highest BCUT2D eigenvalue weighted by atomic mass is 35.5. The quantitative estimate of drug-likeness (QED) is 0.708. The van der Waals surface area contributed by atoms with Crippen molar-refractivity contribution in [3.8, 4) is 0 Å². The average Bonchev–Trinajstić information content (AvgIpc) is 2.23. The third-order valence-corrected chi connectivity index (χ3v) is 3.19. The molecule has 1 heterocycles. The van der Waals surface area contributed by atoms with Gasteiger partial charge in [0.2, 0.25) is 5.28 Å². The van der Waals surface area contributed by atoms with Crippen LogP contribution >= 0.6 is 11.6 Å². The predicted molar refractivity (Wildman–Crippen MR) is 57.4 cm³/mol. The monoisotopic (exact) mass is 227 g/mol. The predicted octanol–water partition coefficient (Wildman–Crippen LogP) is 1.22. The fraction of sp³-hybridized carbons (Fsp3) is 0.600. The van der Waals surface area contributed by atoms with E-state index in [0.29, 0.717) is 12.1 Å². The summed E-state index contributed by atoms with van der Waals surface area (Å²) in [6.45, 7) is 0. The summed E-state index contributed by atoms with van der Waals surface area (Å²) in [5.41, 5.74) is 5.44. The molecule has 2 unspecified atom stereocenters. The number of aromatic nitrogens is 2. The Hall–Kier alpha value is -0.710. The molecule has 1 aromatic heterocycles. The number of nitrogens with zero attached hydrogens (tertiary/aromatic N) is 2. The summed E-state index contributed by atoms with van der Waals surface area (Å²) >= 11 is 5.70. The first-order chi connectivity index (χ1) is 7.13. The first-order valence-corrected chi connectivity index (χ1v) is 5.48. The second-order valence-corrected chi connectivity index (χ2v) is 4.33. The number of rotatable bonds is 1. The van der Waals surface area contributed by atoms with Gasteiger partial charge in [0.25, 0.3) is 0 Å². The Balaban J connectivity index is 2.34. The van der Waals surface area contributed by atoms with Crippen molar-refractivity contribution in [2.24, 2.45) is 5.73 Å². The van der Waals surface area contributed by atoms with Crippen LogP contribution in [0.4, 0.5) is 0 Å². The van der Waals surface area contributed by atoms with E-state index in [1.54, 1.807) is 12.3 Å². The summed E-state index contributed by atoms with van der Waals surface area (Å²) in [5, 5.41) is 10.6. The lowest BCUT2D eigenvalue weighted by molar-refractivity contribution is -0.0232. The fourth-order valence-electron chi connectivity index (χ4n) is 2.08. The van der Waals surface area contributed by atoms with Crippen LogP contribution in [0.3, 0.4) is 0 Å². The maximum atomic E-state index is 10.5. The minimum Gasteiger partial charge on any atom is -0.382 e. The Labute approximate surface area is 93.5 Å². The van der Waals surface area contributed by atoms with Crippen molar-refractivity contribution in [1.82, 2.24) is 9.97 Å². The van der Waals surface area contributed by atoms with Gasteiger partial charge in [0.15, 0.2) is 0 Å². The Morgan fingerprint density at radius 3 is 3.00 bits per heavy atom. The summed E-state index contributed by atoms with van der Waals surface area (Å²) < 4.78 is 0. The molecule has 0 saturated heterocycles. The highest BCUT2D eigenvalue weighted by Crippen LogP contribution is 2.35. The number of aliphatic hydroxyl groups is 1. The van der Waals surface area contributed by atoms with E-state index >= 15 is 0 Å². The van der Waals surface area contributed by atoms with Crippen LogP contribution in [0.1, 0.15) is 31.4 Å². The smallest absolute Gasteiger partial charge is 0.222 e. The standard InChI is InChI=1S/C10H14ClN3O/c11-9-13-6-4-8(14-9)10(15)5-2-1-3-7(10)12/h4,6-7,15H,1-3,5,12H2. The van der Waals surface area contributed by atoms with Crippen LogP contribution in [0.2, 0.25) is 5.28 Å². The Morgan fingerprint density at radius 1 is 1.53 bits per heavy atom. The van der Waals surface area contributed by atoms with E-state index in [2.05, 4.69) is 9.97 Å². The van der Waals surface area contributed by atoms with Gasteiger partial charge in [-0.25, -0.2) is 9.97 Å². The van der Waals surface area contributed by atoms with Gasteiger partial charge in [-0.1, -0.05) is 12.8 Å². The van der Waals surface area contributed by atoms with Crippen molar-refractivity contribution < 1.29 is 5.11 Å². The third kappa shape index (κ3) is 1.97. The molecule has 1 aliphatic carbocycles. The zero-order valence-electron chi connectivity index (χ0n) is 8.36. The van der Waals surface area contributed by atoms with Crippen LogP contribution in [0.15, 0.2) is 12.3 Å². The van der Waals surface area contributed by atoms with Crippen LogP contribution in [-0.2, 0) is 5.60 Å². The second-order valence-electron chi connectivity index (χ2n) is 3.99. The SMILES string of the molecule is NC1CCCCC1(O)c1ccnc(Cl)n1. The van der Waals surface area contributed by atoms with Gasteiger partial charge < -0.3 is 10.8 Å². The zero-order valence-corrected chi connectivity index (χ0v) is 9.11. The molecule has 2 atom stereocenters. The number of hydrogen-bond acceptors (Lipinski definition) is 4. The Morgan fingerprint density at radius 2 is 2.33 bits per heavy atom. The van der Waals surface area contributed by atoms with E-state index < -0.39 is 5.60 Å². The molecular weight excluding hydrogens is 214 g/mol. The van der Waals surface area contributed by atoms with Gasteiger partial charge in [-0.15, -0.1) is 0 Å². The van der Waals surface area contributed by atoms with Crippen LogP contribution in [-0.4, -0.2) is 21.1 Å². The summed E-state index contributed by atoms with van der Waals surface area (Å²) in [6, 6.07) is 1.41. The lowest BCUT2D eigenvalue weighted by Gasteiger charge is -2.37. The molecule has 0 amide bonds. The minimum absolute atomic E-state index is 0.152. The van der Waals surface area contributed by atoms with Gasteiger partial charge in [-0.2, -0.15) is 0 Å². The van der Waals surface area contributed by atoms with E-state index in [9.17, 15) is 5.11 Å². The molecule has 2 rings (SSSR count). The normalized spacial score (nSPS) is 31.5. The number of nitrogens with two attached hydrogens (primary N) is 1. The van der Waals surface area contributed by atoms with Crippen molar-refractivity contribution in [3.05, 3.63) is 23.2 Å². The molecule has 1 fully saturated rings. The first-order valence-electron chi connectivity index (χ1n) is 5.10. The van der Waals surface area contributed by atoms with Crippen LogP contribution in [0.25, 0.3) is 0 Å². The van der Waals surface area contributed by atoms with Gasteiger partial charge in [0.05, 0.1) is 5.69 Å². The number of halogens is 1. The first kappa shape index (κ1) is 10.8. The molecule has 5 heteroatoms. The van der Waals surface area contributed by atoms with Gasteiger partial charge in [0, 0.05) is 12.2 Å². The van der Waals surface area contributed by atoms with E-state index in [4.69, 9.17) is 17.3 Å². The average molecular weight is 228 g/mol. The largest absolute Gasteiger partial charge is 0.382 e. The van der Waals surface area contributed by atoms with Crippen molar-refractivity contribution in [2.75, 3.05) is 0 Å². The van der Waals surface area contributed by atoms with E-state index in [-0.39, 0.29) is 11.3 Å². The van der Waals surface area contributed by atoms with Crippen molar-refractivity contribution >= 4 is 11.6 Å². The van der Waals surface area contributed by atoms with E-state index in [1.165, 1.54) is 0 Å². The molecule has 1 saturated carbocycles. The maximum Gasteiger partial charge on any atom is 0.222 e. The second kappa shape index (κ2) is 4.04. The highest BCUT2D eigenvalue weighted by molar-refractivity contribution is 6.28. The number of hydrogen-bond donors (Lipinski definition) is 2. The molecule has 1 aromatic rings. The molecule has 0 spiro atoms. The highest BCUT2D eigenvalue weighted by Gasteiger charge is 2.39. The molecule has 15 heavy (non-hydrogen) atoms. The van der Waals surface area contributed by atoms with Crippen LogP contribution in [0.5, 0.6) is 0 Å². The molecule has 82 valence electrons. The van der Waals surface area contributed by atoms with Gasteiger partial charge in [-0.3, -0.25) is 0 Å². The molecule has 0 bridgehead atoms. The van der Waals surface area contributed by atoms with E-state index in [1.807, 2.05) is 0 Å². The van der Waals surface area contributed by atoms with Gasteiger partial charge in [0.1, 0.15) is 5.60 Å². The molecule has 3 N–H and O–H groups in total. The van der Waals surface area contributed by atoms with Crippen LogP contribution < -0.4 is 5.73 Å². The molecule has 0 radical (unpaired) electrons. The Bertz CT molecular complexity index is 360. The lowest BCUT2D eigenvalue weighted by atomic mass is 9.78. The lowest BCUT2D eigenvalue weighted by Crippen LogP contribution is -2.48. The summed E-state index contributed by atoms with van der Waals surface area (Å²) in [7, 11) is 0. The zero-order chi connectivity index (χ0) is 10.9. The summed E-state index contributed by atoms with van der Waals surface area (Å²) in [4.78, 5) is 7.84.